The van der Waals surface area contributed by atoms with Crippen LogP contribution in [0.1, 0.15) is 44.9 Å². The number of rotatable bonds is 27. The predicted molar refractivity (Wildman–Crippen MR) is 154 cm³/mol. The van der Waals surface area contributed by atoms with E-state index >= 15 is 0 Å². The van der Waals surface area contributed by atoms with Gasteiger partial charge in [-0.25, -0.2) is 9.36 Å². The van der Waals surface area contributed by atoms with Gasteiger partial charge in [0, 0.05) is 50.6 Å². The van der Waals surface area contributed by atoms with E-state index in [1.165, 1.54) is 7.11 Å². The van der Waals surface area contributed by atoms with Crippen molar-refractivity contribution in [2.45, 2.75) is 62.3 Å². The van der Waals surface area contributed by atoms with Crippen molar-refractivity contribution in [2.75, 3.05) is 86.0 Å². The van der Waals surface area contributed by atoms with Crippen molar-refractivity contribution in [3.8, 4) is 0 Å². The number of hydrogen-bond acceptors (Lipinski definition) is 11. The normalized spacial score (nSPS) is 22.2. The molecule has 0 aromatic carbocycles. The zero-order chi connectivity index (χ0) is 29.8. The number of carbonyl (C=O) groups excluding carboxylic acids is 2. The molecule has 5 atom stereocenters. The number of fused-ring (bicyclic) bond motifs is 1. The lowest BCUT2D eigenvalue weighted by Gasteiger charge is -2.17. The third-order valence-electron chi connectivity index (χ3n) is 6.70. The first-order valence-corrected chi connectivity index (χ1v) is 16.9. The summed E-state index contributed by atoms with van der Waals surface area (Å²) in [6.07, 6.45) is 5.89. The Kier molecular flexibility index (Phi) is 19.4. The molecule has 2 aliphatic heterocycles. The highest BCUT2D eigenvalue weighted by molar-refractivity contribution is 8.00. The molecule has 0 aromatic heterocycles. The van der Waals surface area contributed by atoms with E-state index in [9.17, 15) is 19.0 Å². The molecule has 0 aromatic rings. The van der Waals surface area contributed by atoms with Crippen molar-refractivity contribution in [1.82, 2.24) is 10.6 Å². The van der Waals surface area contributed by atoms with Crippen LogP contribution in [0, 0.1) is 5.92 Å². The average molecular weight is 629 g/mol. The van der Waals surface area contributed by atoms with Crippen LogP contribution in [-0.4, -0.2) is 120 Å². The van der Waals surface area contributed by atoms with Gasteiger partial charge in [0.25, 0.3) is 0 Å². The molecular formula is C26H49N2O11PS. The fraction of sp³-hybridized carbons (Fsp3) is 0.923. The zero-order valence-electron chi connectivity index (χ0n) is 24.4. The molecule has 0 spiro atoms. The van der Waals surface area contributed by atoms with Gasteiger partial charge in [-0.1, -0.05) is 6.42 Å². The minimum Gasteiger partial charge on any atom is -0.384 e. The van der Waals surface area contributed by atoms with Gasteiger partial charge < -0.3 is 39.2 Å². The maximum atomic E-state index is 12.1. The number of nitrogens with one attached hydrogen (secondary N) is 2. The number of ether oxygens (including phenoxy) is 5. The van der Waals surface area contributed by atoms with Gasteiger partial charge >= 0.3 is 13.9 Å². The summed E-state index contributed by atoms with van der Waals surface area (Å²) in [6, 6.07) is 0.442. The number of amides is 2. The number of hydrogen-bond donors (Lipinski definition) is 3. The maximum absolute atomic E-state index is 12.1. The first kappa shape index (κ1) is 36.4. The number of ketones is 1. The molecule has 240 valence electrons. The molecule has 0 aliphatic carbocycles. The number of thioether (sulfide) groups is 1. The Morgan fingerprint density at radius 1 is 0.902 bits per heavy atom. The number of phosphoric ester groups is 1. The quantitative estimate of drug-likeness (QED) is 0.0694. The number of urea groups is 1. The van der Waals surface area contributed by atoms with Crippen LogP contribution in [0.2, 0.25) is 0 Å². The summed E-state index contributed by atoms with van der Waals surface area (Å²) in [7, 11) is -1.38. The second-order valence-electron chi connectivity index (χ2n) is 10.0. The molecule has 0 saturated carbocycles. The van der Waals surface area contributed by atoms with Gasteiger partial charge in [-0.2, -0.15) is 11.8 Å². The van der Waals surface area contributed by atoms with Gasteiger partial charge in [0.1, 0.15) is 5.78 Å². The van der Waals surface area contributed by atoms with Crippen LogP contribution in [0.25, 0.3) is 0 Å². The number of unbranched alkanes of at least 4 members (excludes halogenated alkanes) is 2. The topological polar surface area (TPSA) is 160 Å². The molecule has 2 amide bonds. The number of carbonyl (C=O) groups is 2. The van der Waals surface area contributed by atoms with E-state index in [1.807, 2.05) is 11.8 Å². The summed E-state index contributed by atoms with van der Waals surface area (Å²) in [5, 5.41) is 6.42. The standard InChI is InChI=1S/C26H49N2O11PS/c1-33-17-21(19-39-40(31,32)34-2)18-38-16-15-37-14-13-36-12-11-35-10-6-5-8-22(29)7-3-4-9-24-25-23(20-41-24)27-26(30)28-25/h21,23-25H,3-20H2,1-2H3,(H,31,32)(H2,27,28,30). The van der Waals surface area contributed by atoms with Crippen LogP contribution in [0.3, 0.4) is 0 Å². The summed E-state index contributed by atoms with van der Waals surface area (Å²) < 4.78 is 47.7. The Hall–Kier alpha value is -0.800. The highest BCUT2D eigenvalue weighted by Gasteiger charge is 2.42. The van der Waals surface area contributed by atoms with E-state index in [1.54, 1.807) is 0 Å². The molecule has 15 heteroatoms. The van der Waals surface area contributed by atoms with Crippen molar-refractivity contribution in [1.29, 1.82) is 0 Å². The Bertz CT molecular complexity index is 782. The first-order chi connectivity index (χ1) is 19.8. The van der Waals surface area contributed by atoms with Gasteiger partial charge in [-0.15, -0.1) is 0 Å². The zero-order valence-corrected chi connectivity index (χ0v) is 26.1. The van der Waals surface area contributed by atoms with Gasteiger partial charge in [-0.05, 0) is 25.7 Å². The molecule has 0 radical (unpaired) electrons. The first-order valence-electron chi connectivity index (χ1n) is 14.4. The molecule has 2 saturated heterocycles. The second kappa shape index (κ2) is 21.8. The van der Waals surface area contributed by atoms with E-state index in [-0.39, 0.29) is 30.6 Å². The summed E-state index contributed by atoms with van der Waals surface area (Å²) in [5.74, 6) is 1.08. The molecule has 2 rings (SSSR count). The Morgan fingerprint density at radius 2 is 1.54 bits per heavy atom. The van der Waals surface area contributed by atoms with E-state index in [0.29, 0.717) is 83.3 Å². The SMILES string of the molecule is COCC(COCCOCCOCCOCCCCC(=O)CCCCC1SCC2NC(=O)NC21)COP(=O)(O)OC. The summed E-state index contributed by atoms with van der Waals surface area (Å²) in [5.41, 5.74) is 0. The lowest BCUT2D eigenvalue weighted by Crippen LogP contribution is -2.36. The minimum absolute atomic E-state index is 0.0202. The highest BCUT2D eigenvalue weighted by Crippen LogP contribution is 2.42. The Morgan fingerprint density at radius 3 is 2.20 bits per heavy atom. The maximum Gasteiger partial charge on any atom is 0.471 e. The minimum atomic E-state index is -4.02. The smallest absolute Gasteiger partial charge is 0.384 e. The molecule has 0 bridgehead atoms. The number of phosphoric acid groups is 1. The van der Waals surface area contributed by atoms with E-state index in [2.05, 4.69) is 15.2 Å². The Labute approximate surface area is 248 Å². The molecule has 41 heavy (non-hydrogen) atoms. The molecule has 13 nitrogen and oxygen atoms in total. The lowest BCUT2D eigenvalue weighted by atomic mass is 10.0. The van der Waals surface area contributed by atoms with Crippen LogP contribution >= 0.6 is 19.6 Å². The fourth-order valence-corrected chi connectivity index (χ4v) is 6.55. The summed E-state index contributed by atoms with van der Waals surface area (Å²) in [6.45, 7) is 3.84. The fourth-order valence-electron chi connectivity index (χ4n) is 4.50. The third kappa shape index (κ3) is 16.6. The van der Waals surface area contributed by atoms with Crippen molar-refractivity contribution in [3.05, 3.63) is 0 Å². The van der Waals surface area contributed by atoms with E-state index in [4.69, 9.17) is 28.2 Å². The van der Waals surface area contributed by atoms with Crippen LogP contribution in [0.4, 0.5) is 4.79 Å². The molecule has 2 aliphatic rings. The van der Waals surface area contributed by atoms with Crippen molar-refractivity contribution in [3.63, 3.8) is 0 Å². The third-order valence-corrected chi connectivity index (χ3v) is 9.15. The van der Waals surface area contributed by atoms with Crippen LogP contribution in [0.5, 0.6) is 0 Å². The monoisotopic (exact) mass is 628 g/mol. The van der Waals surface area contributed by atoms with Crippen molar-refractivity contribution >= 4 is 31.4 Å². The van der Waals surface area contributed by atoms with Crippen LogP contribution in [0.15, 0.2) is 0 Å². The molecular weight excluding hydrogens is 579 g/mol. The van der Waals surface area contributed by atoms with Crippen LogP contribution < -0.4 is 10.6 Å². The second-order valence-corrected chi connectivity index (χ2v) is 12.9. The predicted octanol–water partition coefficient (Wildman–Crippen LogP) is 2.54. The number of Topliss-reactive ketones (excluding diaryl/α,β-unsaturated/α-hetero) is 1. The highest BCUT2D eigenvalue weighted by atomic mass is 32.2. The average Bonchev–Trinajstić information content (AvgIpc) is 3.50. The van der Waals surface area contributed by atoms with Gasteiger partial charge in [-0.3, -0.25) is 13.8 Å². The van der Waals surface area contributed by atoms with Gasteiger partial charge in [0.2, 0.25) is 0 Å². The largest absolute Gasteiger partial charge is 0.471 e. The summed E-state index contributed by atoms with van der Waals surface area (Å²) >= 11 is 1.91. The van der Waals surface area contributed by atoms with E-state index < -0.39 is 7.82 Å². The summed E-state index contributed by atoms with van der Waals surface area (Å²) in [4.78, 5) is 32.9. The molecule has 2 fully saturated rings. The van der Waals surface area contributed by atoms with Crippen molar-refractivity contribution in [2.24, 2.45) is 5.92 Å². The molecule has 2 heterocycles. The Balaban J connectivity index is 1.29. The van der Waals surface area contributed by atoms with Gasteiger partial charge in [0.15, 0.2) is 0 Å². The molecule has 3 N–H and O–H groups in total. The lowest BCUT2D eigenvalue weighted by molar-refractivity contribution is -0.119. The van der Waals surface area contributed by atoms with Crippen molar-refractivity contribution < 1.29 is 51.8 Å². The van der Waals surface area contributed by atoms with Gasteiger partial charge in [0.05, 0.1) is 71.5 Å². The molecule has 5 unspecified atom stereocenters. The van der Waals surface area contributed by atoms with Crippen LogP contribution in [-0.2, 0) is 42.1 Å². The van der Waals surface area contributed by atoms with E-state index in [0.717, 1.165) is 45.0 Å². The number of methoxy groups -OCH3 is 1.